The number of aromatic nitrogens is 5. The van der Waals surface area contributed by atoms with Crippen LogP contribution in [0.25, 0.3) is 21.7 Å². The molecule has 0 bridgehead atoms. The Morgan fingerprint density at radius 2 is 2.09 bits per heavy atom. The monoisotopic (exact) mass is 463 g/mol. The van der Waals surface area contributed by atoms with E-state index < -0.39 is 0 Å². The maximum Gasteiger partial charge on any atom is 0.267 e. The quantitative estimate of drug-likeness (QED) is 0.269. The molecule has 0 radical (unpaired) electrons. The number of rotatable bonds is 6. The average molecular weight is 464 g/mol. The van der Waals surface area contributed by atoms with Gasteiger partial charge in [-0.15, -0.1) is 11.3 Å². The van der Waals surface area contributed by atoms with Crippen LogP contribution in [0, 0.1) is 6.92 Å². The first-order valence-corrected chi connectivity index (χ1v) is 12.0. The van der Waals surface area contributed by atoms with Gasteiger partial charge in [0.25, 0.3) is 5.56 Å². The van der Waals surface area contributed by atoms with Gasteiger partial charge in [-0.05, 0) is 37.1 Å². The Bertz CT molecular complexity index is 1470. The lowest BCUT2D eigenvalue weighted by atomic mass is 10.2. The highest BCUT2D eigenvalue weighted by Crippen LogP contribution is 2.32. The van der Waals surface area contributed by atoms with Gasteiger partial charge >= 0.3 is 0 Å². The molecule has 4 heterocycles. The molecule has 0 spiro atoms. The summed E-state index contributed by atoms with van der Waals surface area (Å²) >= 11 is 3.09. The third-order valence-electron chi connectivity index (χ3n) is 5.30. The van der Waals surface area contributed by atoms with Crippen LogP contribution in [0.15, 0.2) is 58.9 Å². The lowest BCUT2D eigenvalue weighted by Crippen LogP contribution is -2.21. The predicted molar refractivity (Wildman–Crippen MR) is 128 cm³/mol. The van der Waals surface area contributed by atoms with Crippen LogP contribution in [0.2, 0.25) is 0 Å². The Morgan fingerprint density at radius 3 is 2.88 bits per heavy atom. The van der Waals surface area contributed by atoms with E-state index in [1.54, 1.807) is 29.2 Å². The number of methoxy groups -OCH3 is 1. The van der Waals surface area contributed by atoms with E-state index in [1.165, 1.54) is 16.6 Å². The molecule has 0 aliphatic carbocycles. The number of benzene rings is 1. The Hall–Kier alpha value is -3.17. The minimum Gasteiger partial charge on any atom is -0.497 e. The zero-order valence-corrected chi connectivity index (χ0v) is 19.5. The second-order valence-corrected chi connectivity index (χ2v) is 9.29. The molecule has 0 saturated heterocycles. The Labute approximate surface area is 192 Å². The SMILES string of the molecule is CCc1sc2nc(SCc3cn4cccnc4n3)n(-c3cccc(OC)c3)c(=O)c2c1C. The van der Waals surface area contributed by atoms with Crippen molar-refractivity contribution in [3.8, 4) is 11.4 Å². The minimum absolute atomic E-state index is 0.0594. The largest absolute Gasteiger partial charge is 0.497 e. The Balaban J connectivity index is 1.64. The molecule has 4 aromatic heterocycles. The molecule has 0 N–H and O–H groups in total. The summed E-state index contributed by atoms with van der Waals surface area (Å²) in [6.45, 7) is 4.11. The van der Waals surface area contributed by atoms with Crippen LogP contribution in [-0.2, 0) is 12.2 Å². The van der Waals surface area contributed by atoms with Gasteiger partial charge < -0.3 is 4.74 Å². The van der Waals surface area contributed by atoms with Crippen LogP contribution >= 0.6 is 23.1 Å². The normalized spacial score (nSPS) is 11.5. The molecular formula is C23H21N5O2S2. The lowest BCUT2D eigenvalue weighted by molar-refractivity contribution is 0.414. The number of imidazole rings is 1. The molecule has 0 aliphatic rings. The molecular weight excluding hydrogens is 442 g/mol. The van der Waals surface area contributed by atoms with Crippen molar-refractivity contribution in [3.63, 3.8) is 0 Å². The van der Waals surface area contributed by atoms with Crippen LogP contribution in [0.1, 0.15) is 23.1 Å². The van der Waals surface area contributed by atoms with Gasteiger partial charge in [-0.3, -0.25) is 13.8 Å². The van der Waals surface area contributed by atoms with E-state index in [2.05, 4.69) is 16.9 Å². The summed E-state index contributed by atoms with van der Waals surface area (Å²) in [5.74, 6) is 1.90. The maximum atomic E-state index is 13.7. The average Bonchev–Trinajstić information content (AvgIpc) is 3.38. The van der Waals surface area contributed by atoms with Crippen molar-refractivity contribution in [3.05, 3.63) is 75.4 Å². The number of ether oxygens (including phenoxy) is 1. The minimum atomic E-state index is -0.0594. The van der Waals surface area contributed by atoms with E-state index in [1.807, 2.05) is 54.0 Å². The van der Waals surface area contributed by atoms with Gasteiger partial charge in [0, 0.05) is 35.3 Å². The number of hydrogen-bond donors (Lipinski definition) is 0. The van der Waals surface area contributed by atoms with Gasteiger partial charge in [0.15, 0.2) is 5.16 Å². The van der Waals surface area contributed by atoms with Crippen LogP contribution < -0.4 is 10.3 Å². The van der Waals surface area contributed by atoms with Gasteiger partial charge in [0.05, 0.1) is 23.9 Å². The second kappa shape index (κ2) is 8.40. The molecule has 0 unspecified atom stereocenters. The highest BCUT2D eigenvalue weighted by molar-refractivity contribution is 7.98. The van der Waals surface area contributed by atoms with Crippen molar-refractivity contribution >= 4 is 39.1 Å². The number of hydrogen-bond acceptors (Lipinski definition) is 7. The molecule has 0 fully saturated rings. The third kappa shape index (κ3) is 3.57. The molecule has 0 saturated carbocycles. The van der Waals surface area contributed by atoms with Crippen molar-refractivity contribution < 1.29 is 4.74 Å². The molecule has 9 heteroatoms. The second-order valence-electron chi connectivity index (χ2n) is 7.27. The van der Waals surface area contributed by atoms with Crippen molar-refractivity contribution in [2.45, 2.75) is 31.2 Å². The molecule has 5 aromatic rings. The van der Waals surface area contributed by atoms with Crippen molar-refractivity contribution in [1.82, 2.24) is 23.9 Å². The first-order chi connectivity index (χ1) is 15.6. The van der Waals surface area contributed by atoms with Crippen LogP contribution in [0.4, 0.5) is 0 Å². The summed E-state index contributed by atoms with van der Waals surface area (Å²) in [6, 6.07) is 9.37. The highest BCUT2D eigenvalue weighted by atomic mass is 32.2. The van der Waals surface area contributed by atoms with Crippen LogP contribution in [-0.4, -0.2) is 31.0 Å². The van der Waals surface area contributed by atoms with E-state index >= 15 is 0 Å². The number of fused-ring (bicyclic) bond motifs is 2. The van der Waals surface area contributed by atoms with Gasteiger partial charge in [-0.2, -0.15) is 0 Å². The number of aryl methyl sites for hydroxylation is 2. The number of nitrogens with zero attached hydrogens (tertiary/aromatic N) is 5. The molecule has 32 heavy (non-hydrogen) atoms. The van der Waals surface area contributed by atoms with E-state index in [-0.39, 0.29) is 5.56 Å². The number of thioether (sulfide) groups is 1. The Kier molecular flexibility index (Phi) is 5.44. The Morgan fingerprint density at radius 1 is 1.22 bits per heavy atom. The van der Waals surface area contributed by atoms with E-state index in [9.17, 15) is 4.79 Å². The van der Waals surface area contributed by atoms with E-state index in [0.29, 0.717) is 27.8 Å². The first-order valence-electron chi connectivity index (χ1n) is 10.2. The smallest absolute Gasteiger partial charge is 0.267 e. The van der Waals surface area contributed by atoms with E-state index in [4.69, 9.17) is 9.72 Å². The first kappa shape index (κ1) is 20.7. The van der Waals surface area contributed by atoms with Crippen LogP contribution in [0.3, 0.4) is 0 Å². The van der Waals surface area contributed by atoms with Gasteiger partial charge in [0.2, 0.25) is 5.78 Å². The standard InChI is InChI=1S/C23H21N5O2S2/c1-4-18-14(2)19-20(32-18)26-23(28(21(19)29)16-7-5-8-17(11-16)30-3)31-13-15-12-27-10-6-9-24-22(27)25-15/h5-12H,4,13H2,1-3H3. The molecule has 7 nitrogen and oxygen atoms in total. The predicted octanol–water partition coefficient (Wildman–Crippen LogP) is 4.66. The van der Waals surface area contributed by atoms with Crippen molar-refractivity contribution in [2.75, 3.05) is 7.11 Å². The van der Waals surface area contributed by atoms with Gasteiger partial charge in [-0.25, -0.2) is 15.0 Å². The highest BCUT2D eigenvalue weighted by Gasteiger charge is 2.19. The summed E-state index contributed by atoms with van der Waals surface area (Å²) in [5.41, 5.74) is 2.56. The molecule has 0 amide bonds. The zero-order valence-electron chi connectivity index (χ0n) is 17.9. The fourth-order valence-electron chi connectivity index (χ4n) is 3.71. The summed E-state index contributed by atoms with van der Waals surface area (Å²) < 4.78 is 8.96. The lowest BCUT2D eigenvalue weighted by Gasteiger charge is -2.13. The summed E-state index contributed by atoms with van der Waals surface area (Å²) in [6.07, 6.45) is 6.47. The van der Waals surface area contributed by atoms with Crippen molar-refractivity contribution in [1.29, 1.82) is 0 Å². The van der Waals surface area contributed by atoms with Crippen LogP contribution in [0.5, 0.6) is 5.75 Å². The summed E-state index contributed by atoms with van der Waals surface area (Å²) in [4.78, 5) is 29.4. The number of thiophene rings is 1. The van der Waals surface area contributed by atoms with Gasteiger partial charge in [0.1, 0.15) is 10.6 Å². The summed E-state index contributed by atoms with van der Waals surface area (Å²) in [7, 11) is 1.62. The molecule has 162 valence electrons. The molecule has 0 aliphatic heterocycles. The van der Waals surface area contributed by atoms with Gasteiger partial charge in [-0.1, -0.05) is 24.8 Å². The van der Waals surface area contributed by atoms with E-state index in [0.717, 1.165) is 28.2 Å². The fourth-order valence-corrected chi connectivity index (χ4v) is 5.76. The third-order valence-corrected chi connectivity index (χ3v) is 7.60. The zero-order chi connectivity index (χ0) is 22.2. The maximum absolute atomic E-state index is 13.7. The molecule has 0 atom stereocenters. The summed E-state index contributed by atoms with van der Waals surface area (Å²) in [5, 5.41) is 1.32. The van der Waals surface area contributed by atoms with Crippen molar-refractivity contribution in [2.24, 2.45) is 0 Å². The molecule has 1 aromatic carbocycles. The molecule has 5 rings (SSSR count). The topological polar surface area (TPSA) is 74.3 Å². The fraction of sp³-hybridized carbons (Fsp3) is 0.217.